The van der Waals surface area contributed by atoms with Crippen molar-refractivity contribution in [2.45, 2.75) is 25.4 Å². The molecule has 100 valence electrons. The first-order chi connectivity index (χ1) is 8.72. The van der Waals surface area contributed by atoms with Crippen LogP contribution in [0.1, 0.15) is 18.4 Å². The zero-order valence-electron chi connectivity index (χ0n) is 10.9. The third-order valence-corrected chi connectivity index (χ3v) is 3.78. The van der Waals surface area contributed by atoms with Crippen molar-refractivity contribution in [2.24, 2.45) is 0 Å². The minimum atomic E-state index is 0.531. The molecule has 1 aliphatic rings. The molecule has 0 unspecified atom stereocenters. The molecular weight excluding hydrogens is 294 g/mol. The van der Waals surface area contributed by atoms with Gasteiger partial charge in [0.25, 0.3) is 0 Å². The van der Waals surface area contributed by atoms with Crippen LogP contribution in [0.25, 0.3) is 0 Å². The standard InChI is InChI=1S/C13H20BrN3O/c1-15-8-10-7-11(14)9-16-13(10)17(2)12-3-5-18-6-4-12/h7,9,12,15H,3-6,8H2,1-2H3. The van der Waals surface area contributed by atoms with Crippen LogP contribution in [0.2, 0.25) is 0 Å². The van der Waals surface area contributed by atoms with Gasteiger partial charge in [0.2, 0.25) is 0 Å². The lowest BCUT2D eigenvalue weighted by Crippen LogP contribution is -2.37. The molecule has 5 heteroatoms. The van der Waals surface area contributed by atoms with Crippen molar-refractivity contribution in [3.63, 3.8) is 0 Å². The van der Waals surface area contributed by atoms with Crippen LogP contribution in [0.5, 0.6) is 0 Å². The number of aromatic nitrogens is 1. The first-order valence-corrected chi connectivity index (χ1v) is 7.11. The topological polar surface area (TPSA) is 37.4 Å². The predicted octanol–water partition coefficient (Wildman–Crippen LogP) is 2.18. The smallest absolute Gasteiger partial charge is 0.133 e. The van der Waals surface area contributed by atoms with E-state index in [2.05, 4.69) is 44.2 Å². The van der Waals surface area contributed by atoms with Crippen LogP contribution in [-0.4, -0.2) is 38.3 Å². The van der Waals surface area contributed by atoms with Gasteiger partial charge in [-0.15, -0.1) is 0 Å². The molecule has 1 aromatic rings. The van der Waals surface area contributed by atoms with E-state index >= 15 is 0 Å². The fourth-order valence-electron chi connectivity index (χ4n) is 2.36. The largest absolute Gasteiger partial charge is 0.381 e. The minimum Gasteiger partial charge on any atom is -0.381 e. The molecule has 0 amide bonds. The molecule has 18 heavy (non-hydrogen) atoms. The van der Waals surface area contributed by atoms with Crippen molar-refractivity contribution in [3.8, 4) is 0 Å². The van der Waals surface area contributed by atoms with Gasteiger partial charge in [0.1, 0.15) is 5.82 Å². The van der Waals surface area contributed by atoms with E-state index in [1.165, 1.54) is 5.56 Å². The van der Waals surface area contributed by atoms with E-state index in [0.29, 0.717) is 6.04 Å². The molecule has 0 atom stereocenters. The highest BCUT2D eigenvalue weighted by atomic mass is 79.9. The summed E-state index contributed by atoms with van der Waals surface area (Å²) < 4.78 is 6.44. The summed E-state index contributed by atoms with van der Waals surface area (Å²) in [6.45, 7) is 2.54. The molecular formula is C13H20BrN3O. The Labute approximate surface area is 117 Å². The molecule has 0 aliphatic carbocycles. The van der Waals surface area contributed by atoms with Crippen molar-refractivity contribution < 1.29 is 4.74 Å². The predicted molar refractivity (Wildman–Crippen MR) is 76.9 cm³/mol. The van der Waals surface area contributed by atoms with E-state index in [4.69, 9.17) is 4.74 Å². The summed E-state index contributed by atoms with van der Waals surface area (Å²) in [6, 6.07) is 2.66. The molecule has 1 aromatic heterocycles. The molecule has 1 N–H and O–H groups in total. The van der Waals surface area contributed by atoms with Crippen molar-refractivity contribution in [1.82, 2.24) is 10.3 Å². The molecule has 0 spiro atoms. The zero-order chi connectivity index (χ0) is 13.0. The quantitative estimate of drug-likeness (QED) is 0.924. The van der Waals surface area contributed by atoms with Gasteiger partial charge in [-0.2, -0.15) is 0 Å². The van der Waals surface area contributed by atoms with Gasteiger partial charge in [-0.3, -0.25) is 0 Å². The number of hydrogen-bond acceptors (Lipinski definition) is 4. The van der Waals surface area contributed by atoms with Gasteiger partial charge in [-0.25, -0.2) is 4.98 Å². The first kappa shape index (κ1) is 13.8. The second-order valence-corrected chi connectivity index (χ2v) is 5.54. The van der Waals surface area contributed by atoms with Gasteiger partial charge >= 0.3 is 0 Å². The Balaban J connectivity index is 2.19. The van der Waals surface area contributed by atoms with Crippen LogP contribution in [0.15, 0.2) is 16.7 Å². The van der Waals surface area contributed by atoms with Gasteiger partial charge in [0.15, 0.2) is 0 Å². The Hall–Kier alpha value is -0.650. The van der Waals surface area contributed by atoms with Gasteiger partial charge in [0, 0.05) is 49.1 Å². The number of halogens is 1. The van der Waals surface area contributed by atoms with Gasteiger partial charge < -0.3 is 15.0 Å². The van der Waals surface area contributed by atoms with Crippen LogP contribution >= 0.6 is 15.9 Å². The summed E-state index contributed by atoms with van der Waals surface area (Å²) in [5.74, 6) is 1.07. The lowest BCUT2D eigenvalue weighted by molar-refractivity contribution is 0.0853. The van der Waals surface area contributed by atoms with Crippen LogP contribution in [0.3, 0.4) is 0 Å². The van der Waals surface area contributed by atoms with Crippen LogP contribution in [0, 0.1) is 0 Å². The van der Waals surface area contributed by atoms with E-state index in [-0.39, 0.29) is 0 Å². The number of nitrogens with one attached hydrogen (secondary N) is 1. The average Bonchev–Trinajstić information content (AvgIpc) is 2.40. The maximum Gasteiger partial charge on any atom is 0.133 e. The Kier molecular flexibility index (Phi) is 4.97. The number of rotatable bonds is 4. The Morgan fingerprint density at radius 2 is 2.22 bits per heavy atom. The number of ether oxygens (including phenoxy) is 1. The summed E-state index contributed by atoms with van der Waals surface area (Å²) >= 11 is 3.48. The molecule has 2 rings (SSSR count). The van der Waals surface area contributed by atoms with Crippen LogP contribution in [0.4, 0.5) is 5.82 Å². The SMILES string of the molecule is CNCc1cc(Br)cnc1N(C)C1CCOCC1. The van der Waals surface area contributed by atoms with E-state index in [1.807, 2.05) is 13.2 Å². The van der Waals surface area contributed by atoms with E-state index in [9.17, 15) is 0 Å². The number of anilines is 1. The zero-order valence-corrected chi connectivity index (χ0v) is 12.5. The Morgan fingerprint density at radius 1 is 1.50 bits per heavy atom. The van der Waals surface area contributed by atoms with Crippen molar-refractivity contribution in [3.05, 3.63) is 22.3 Å². The molecule has 1 aliphatic heterocycles. The highest BCUT2D eigenvalue weighted by molar-refractivity contribution is 9.10. The third-order valence-electron chi connectivity index (χ3n) is 3.35. The van der Waals surface area contributed by atoms with Gasteiger partial charge in [0.05, 0.1) is 0 Å². The third kappa shape index (κ3) is 3.22. The summed E-state index contributed by atoms with van der Waals surface area (Å²) in [4.78, 5) is 6.86. The fraction of sp³-hybridized carbons (Fsp3) is 0.615. The molecule has 1 fully saturated rings. The highest BCUT2D eigenvalue weighted by Gasteiger charge is 2.21. The summed E-state index contributed by atoms with van der Waals surface area (Å²) in [5, 5.41) is 3.20. The van der Waals surface area contributed by atoms with Crippen LogP contribution < -0.4 is 10.2 Å². The first-order valence-electron chi connectivity index (χ1n) is 6.32. The Bertz CT molecular complexity index is 394. The fourth-order valence-corrected chi connectivity index (χ4v) is 2.74. The minimum absolute atomic E-state index is 0.531. The van der Waals surface area contributed by atoms with E-state index in [0.717, 1.165) is 42.9 Å². The summed E-state index contributed by atoms with van der Waals surface area (Å²) in [7, 11) is 4.09. The van der Waals surface area contributed by atoms with Crippen LogP contribution in [-0.2, 0) is 11.3 Å². The molecule has 0 aromatic carbocycles. The maximum absolute atomic E-state index is 5.42. The van der Waals surface area contributed by atoms with E-state index < -0.39 is 0 Å². The number of pyridine rings is 1. The Morgan fingerprint density at radius 3 is 2.89 bits per heavy atom. The lowest BCUT2D eigenvalue weighted by atomic mass is 10.1. The second-order valence-electron chi connectivity index (χ2n) is 4.62. The summed E-state index contributed by atoms with van der Waals surface area (Å²) in [6.07, 6.45) is 4.02. The highest BCUT2D eigenvalue weighted by Crippen LogP contribution is 2.25. The average molecular weight is 314 g/mol. The molecule has 1 saturated heterocycles. The number of nitrogens with zero attached hydrogens (tertiary/aromatic N) is 2. The normalized spacial score (nSPS) is 16.8. The van der Waals surface area contributed by atoms with E-state index in [1.54, 1.807) is 0 Å². The molecule has 0 saturated carbocycles. The second kappa shape index (κ2) is 6.50. The maximum atomic E-state index is 5.42. The van der Waals surface area contributed by atoms with Crippen molar-refractivity contribution >= 4 is 21.7 Å². The van der Waals surface area contributed by atoms with Gasteiger partial charge in [-0.05, 0) is 41.9 Å². The lowest BCUT2D eigenvalue weighted by Gasteiger charge is -2.33. The van der Waals surface area contributed by atoms with Crippen molar-refractivity contribution in [2.75, 3.05) is 32.2 Å². The molecule has 4 nitrogen and oxygen atoms in total. The number of hydrogen-bond donors (Lipinski definition) is 1. The summed E-state index contributed by atoms with van der Waals surface area (Å²) in [5.41, 5.74) is 1.22. The van der Waals surface area contributed by atoms with Gasteiger partial charge in [-0.1, -0.05) is 0 Å². The molecule has 2 heterocycles. The molecule has 0 bridgehead atoms. The van der Waals surface area contributed by atoms with Crippen molar-refractivity contribution in [1.29, 1.82) is 0 Å². The molecule has 0 radical (unpaired) electrons. The monoisotopic (exact) mass is 313 g/mol.